The molecule has 2 aromatic carbocycles. The zero-order valence-corrected chi connectivity index (χ0v) is 16.5. The third-order valence-corrected chi connectivity index (χ3v) is 5.15. The lowest BCUT2D eigenvalue weighted by Gasteiger charge is -2.08. The first-order valence-electron chi connectivity index (χ1n) is 8.26. The largest absolute Gasteiger partial charge is 0.496 e. The minimum absolute atomic E-state index is 0.0254. The van der Waals surface area contributed by atoms with E-state index in [2.05, 4.69) is 10.5 Å². The summed E-state index contributed by atoms with van der Waals surface area (Å²) >= 11 is 1.15. The molecule has 0 atom stereocenters. The maximum atomic E-state index is 12.3. The van der Waals surface area contributed by atoms with Crippen molar-refractivity contribution in [3.05, 3.63) is 67.1 Å². The van der Waals surface area contributed by atoms with Gasteiger partial charge in [-0.25, -0.2) is 5.43 Å². The number of ether oxygens (including phenoxy) is 2. The molecule has 30 heavy (non-hydrogen) atoms. The number of non-ortho nitro benzene ring substituents is 1. The molecule has 1 aromatic heterocycles. The zero-order chi connectivity index (χ0) is 21.8. The Morgan fingerprint density at radius 3 is 2.43 bits per heavy atom. The average Bonchev–Trinajstić information content (AvgIpc) is 3.16. The van der Waals surface area contributed by atoms with Crippen LogP contribution in [-0.4, -0.2) is 36.2 Å². The number of hydrogen-bond acceptors (Lipinski definition) is 9. The van der Waals surface area contributed by atoms with Crippen LogP contribution in [0.15, 0.2) is 41.5 Å². The predicted molar refractivity (Wildman–Crippen MR) is 110 cm³/mol. The number of nitrogens with zero attached hydrogens (tertiary/aromatic N) is 3. The minimum atomic E-state index is -0.607. The molecule has 0 fully saturated rings. The van der Waals surface area contributed by atoms with Crippen molar-refractivity contribution in [3.8, 4) is 11.5 Å². The Balaban J connectivity index is 1.82. The molecule has 1 heterocycles. The molecule has 0 radical (unpaired) electrons. The summed E-state index contributed by atoms with van der Waals surface area (Å²) in [7, 11) is 2.68. The van der Waals surface area contributed by atoms with Crippen molar-refractivity contribution >= 4 is 44.9 Å². The first-order chi connectivity index (χ1) is 14.3. The van der Waals surface area contributed by atoms with Gasteiger partial charge in [0.15, 0.2) is 0 Å². The topological polar surface area (TPSA) is 146 Å². The van der Waals surface area contributed by atoms with Crippen LogP contribution < -0.4 is 14.9 Å². The Kier molecular flexibility index (Phi) is 5.88. The van der Waals surface area contributed by atoms with Crippen LogP contribution in [0.4, 0.5) is 11.4 Å². The van der Waals surface area contributed by atoms with E-state index in [4.69, 9.17) is 9.47 Å². The normalized spacial score (nSPS) is 10.9. The SMILES string of the molecule is COc1cc(OC)c([N+](=O)[O-])cc1/C=N\NC(=O)c1cc2cc([N+](=O)[O-])ccc2s1. The smallest absolute Gasteiger partial charge is 0.311 e. The number of carbonyl (C=O) groups excluding carboxylic acids is 1. The third-order valence-electron chi connectivity index (χ3n) is 4.03. The summed E-state index contributed by atoms with van der Waals surface area (Å²) in [5.74, 6) is -0.237. The highest BCUT2D eigenvalue weighted by molar-refractivity contribution is 7.20. The van der Waals surface area contributed by atoms with E-state index < -0.39 is 15.8 Å². The first kappa shape index (κ1) is 20.7. The number of nitro groups is 2. The van der Waals surface area contributed by atoms with Crippen molar-refractivity contribution in [1.29, 1.82) is 0 Å². The number of benzene rings is 2. The Hall–Kier alpha value is -4.06. The van der Waals surface area contributed by atoms with Gasteiger partial charge >= 0.3 is 5.69 Å². The fourth-order valence-corrected chi connectivity index (χ4v) is 3.55. The molecule has 11 nitrogen and oxygen atoms in total. The van der Waals surface area contributed by atoms with Gasteiger partial charge in [-0.3, -0.25) is 25.0 Å². The Bertz CT molecular complexity index is 1190. The molecule has 0 saturated heterocycles. The summed E-state index contributed by atoms with van der Waals surface area (Å²) in [6.45, 7) is 0. The lowest BCUT2D eigenvalue weighted by atomic mass is 10.1. The van der Waals surface area contributed by atoms with Crippen molar-refractivity contribution in [2.45, 2.75) is 0 Å². The van der Waals surface area contributed by atoms with Crippen molar-refractivity contribution in [2.24, 2.45) is 5.10 Å². The number of nitro benzene ring substituents is 2. The molecule has 0 bridgehead atoms. The summed E-state index contributed by atoms with van der Waals surface area (Å²) in [6, 6.07) is 8.40. The Morgan fingerprint density at radius 2 is 1.80 bits per heavy atom. The highest BCUT2D eigenvalue weighted by atomic mass is 32.1. The standard InChI is InChI=1S/C18H14N4O7S/c1-28-14-8-15(29-2)13(22(26)27)6-11(14)9-19-20-18(23)17-7-10-5-12(21(24)25)3-4-16(10)30-17/h3-9H,1-2H3,(H,20,23)/b19-9-. The van der Waals surface area contributed by atoms with Crippen LogP contribution in [0.5, 0.6) is 11.5 Å². The molecule has 3 aromatic rings. The second-order valence-electron chi connectivity index (χ2n) is 5.81. The molecule has 0 aliphatic rings. The molecule has 1 amide bonds. The molecular formula is C18H14N4O7S. The zero-order valence-electron chi connectivity index (χ0n) is 15.6. The van der Waals surface area contributed by atoms with Gasteiger partial charge in [0.2, 0.25) is 5.75 Å². The van der Waals surface area contributed by atoms with Gasteiger partial charge in [-0.1, -0.05) is 0 Å². The lowest BCUT2D eigenvalue weighted by molar-refractivity contribution is -0.385. The van der Waals surface area contributed by atoms with E-state index in [1.54, 1.807) is 6.07 Å². The van der Waals surface area contributed by atoms with Gasteiger partial charge in [0.05, 0.1) is 35.2 Å². The summed E-state index contributed by atoms with van der Waals surface area (Å²) in [4.78, 5) is 33.6. The first-order valence-corrected chi connectivity index (χ1v) is 9.07. The molecule has 0 aliphatic carbocycles. The highest BCUT2D eigenvalue weighted by Gasteiger charge is 2.19. The monoisotopic (exact) mass is 430 g/mol. The van der Waals surface area contributed by atoms with Crippen LogP contribution in [0.2, 0.25) is 0 Å². The number of thiophene rings is 1. The number of carbonyl (C=O) groups is 1. The van der Waals surface area contributed by atoms with Crippen molar-refractivity contribution in [2.75, 3.05) is 14.2 Å². The number of fused-ring (bicyclic) bond motifs is 1. The fraction of sp³-hybridized carbons (Fsp3) is 0.111. The van der Waals surface area contributed by atoms with E-state index in [0.717, 1.165) is 11.3 Å². The summed E-state index contributed by atoms with van der Waals surface area (Å²) in [5, 5.41) is 26.4. The van der Waals surface area contributed by atoms with E-state index in [-0.39, 0.29) is 28.4 Å². The molecular weight excluding hydrogens is 416 g/mol. The minimum Gasteiger partial charge on any atom is -0.496 e. The van der Waals surface area contributed by atoms with Gasteiger partial charge in [0.25, 0.3) is 11.6 Å². The van der Waals surface area contributed by atoms with E-state index in [1.165, 1.54) is 50.8 Å². The number of methoxy groups -OCH3 is 2. The van der Waals surface area contributed by atoms with E-state index in [1.807, 2.05) is 0 Å². The van der Waals surface area contributed by atoms with Crippen LogP contribution in [0.25, 0.3) is 10.1 Å². The number of nitrogens with one attached hydrogen (secondary N) is 1. The Labute approximate surface area is 172 Å². The van der Waals surface area contributed by atoms with Crippen molar-refractivity contribution < 1.29 is 24.1 Å². The quantitative estimate of drug-likeness (QED) is 0.343. The second-order valence-corrected chi connectivity index (χ2v) is 6.90. The van der Waals surface area contributed by atoms with Crippen LogP contribution in [0, 0.1) is 20.2 Å². The highest BCUT2D eigenvalue weighted by Crippen LogP contribution is 2.33. The van der Waals surface area contributed by atoms with Crippen molar-refractivity contribution in [3.63, 3.8) is 0 Å². The van der Waals surface area contributed by atoms with Crippen molar-refractivity contribution in [1.82, 2.24) is 5.43 Å². The molecule has 0 aliphatic heterocycles. The van der Waals surface area contributed by atoms with Gasteiger partial charge in [-0.05, 0) is 12.1 Å². The maximum Gasteiger partial charge on any atom is 0.311 e. The number of amides is 1. The van der Waals surface area contributed by atoms with Gasteiger partial charge in [0, 0.05) is 39.9 Å². The number of hydrogen-bond donors (Lipinski definition) is 1. The number of rotatable bonds is 7. The van der Waals surface area contributed by atoms with E-state index >= 15 is 0 Å². The van der Waals surface area contributed by atoms with Gasteiger partial charge in [-0.15, -0.1) is 11.3 Å². The van der Waals surface area contributed by atoms with E-state index in [0.29, 0.717) is 15.0 Å². The van der Waals surface area contributed by atoms with Crippen LogP contribution in [0.1, 0.15) is 15.2 Å². The Morgan fingerprint density at radius 1 is 1.07 bits per heavy atom. The fourth-order valence-electron chi connectivity index (χ4n) is 2.62. The van der Waals surface area contributed by atoms with Gasteiger partial charge in [0.1, 0.15) is 5.75 Å². The summed E-state index contributed by atoms with van der Waals surface area (Å²) < 4.78 is 10.9. The summed E-state index contributed by atoms with van der Waals surface area (Å²) in [5.41, 5.74) is 2.23. The molecule has 3 rings (SSSR count). The molecule has 0 unspecified atom stereocenters. The van der Waals surface area contributed by atoms with Crippen LogP contribution >= 0.6 is 11.3 Å². The molecule has 0 spiro atoms. The molecule has 12 heteroatoms. The molecule has 154 valence electrons. The number of hydrazone groups is 1. The third kappa shape index (κ3) is 4.17. The van der Waals surface area contributed by atoms with Gasteiger partial charge < -0.3 is 9.47 Å². The maximum absolute atomic E-state index is 12.3. The summed E-state index contributed by atoms with van der Waals surface area (Å²) in [6.07, 6.45) is 1.21. The predicted octanol–water partition coefficient (Wildman–Crippen LogP) is 3.50. The van der Waals surface area contributed by atoms with Crippen LogP contribution in [0.3, 0.4) is 0 Å². The van der Waals surface area contributed by atoms with Crippen LogP contribution in [-0.2, 0) is 0 Å². The van der Waals surface area contributed by atoms with Gasteiger partial charge in [-0.2, -0.15) is 5.10 Å². The second kappa shape index (κ2) is 8.53. The molecule has 0 saturated carbocycles. The average molecular weight is 430 g/mol. The molecule has 1 N–H and O–H groups in total. The lowest BCUT2D eigenvalue weighted by Crippen LogP contribution is -2.16. The van der Waals surface area contributed by atoms with E-state index in [9.17, 15) is 25.0 Å².